The molecule has 0 amide bonds. The van der Waals surface area contributed by atoms with E-state index in [1.807, 2.05) is 13.8 Å². The molecule has 0 aromatic rings. The maximum absolute atomic E-state index is 9.57. The third-order valence-corrected chi connectivity index (χ3v) is 2.45. The maximum Gasteiger partial charge on any atom is 0.160 e. The summed E-state index contributed by atoms with van der Waals surface area (Å²) in [4.78, 5) is 0. The summed E-state index contributed by atoms with van der Waals surface area (Å²) in [5, 5.41) is 9.57. The second kappa shape index (κ2) is 4.21. The largest absolute Gasteiger partial charge is 0.390 e. The monoisotopic (exact) mass is 174 g/mol. The lowest BCUT2D eigenvalue weighted by atomic mass is 9.95. The molecule has 0 bridgehead atoms. The molecule has 12 heavy (non-hydrogen) atoms. The SMILES string of the molecule is CCC1OC(OC)C(C)CC1O. The lowest BCUT2D eigenvalue weighted by Crippen LogP contribution is -2.43. The highest BCUT2D eigenvalue weighted by Gasteiger charge is 2.33. The van der Waals surface area contributed by atoms with E-state index in [1.54, 1.807) is 7.11 Å². The third-order valence-electron chi connectivity index (χ3n) is 2.45. The molecule has 0 aromatic heterocycles. The molecule has 3 heteroatoms. The van der Waals surface area contributed by atoms with Crippen molar-refractivity contribution in [2.75, 3.05) is 7.11 Å². The highest BCUT2D eigenvalue weighted by molar-refractivity contribution is 4.78. The number of aliphatic hydroxyl groups excluding tert-OH is 1. The Morgan fingerprint density at radius 2 is 2.25 bits per heavy atom. The number of aliphatic hydroxyl groups is 1. The molecule has 0 spiro atoms. The lowest BCUT2D eigenvalue weighted by molar-refractivity contribution is -0.235. The van der Waals surface area contributed by atoms with E-state index >= 15 is 0 Å². The molecule has 0 aromatic carbocycles. The Morgan fingerprint density at radius 1 is 1.58 bits per heavy atom. The zero-order chi connectivity index (χ0) is 9.14. The first-order valence-corrected chi connectivity index (χ1v) is 4.55. The number of methoxy groups -OCH3 is 1. The standard InChI is InChI=1S/C9H18O3/c1-4-8-7(10)5-6(2)9(11-3)12-8/h6-10H,4-5H2,1-3H3. The Balaban J connectivity index is 2.50. The Hall–Kier alpha value is -0.120. The van der Waals surface area contributed by atoms with Gasteiger partial charge in [-0.2, -0.15) is 0 Å². The van der Waals surface area contributed by atoms with Gasteiger partial charge in [-0.1, -0.05) is 13.8 Å². The Kier molecular flexibility index (Phi) is 3.50. The molecular formula is C9H18O3. The maximum atomic E-state index is 9.57. The minimum Gasteiger partial charge on any atom is -0.390 e. The molecular weight excluding hydrogens is 156 g/mol. The topological polar surface area (TPSA) is 38.7 Å². The van der Waals surface area contributed by atoms with E-state index in [0.717, 1.165) is 12.8 Å². The molecule has 1 heterocycles. The van der Waals surface area contributed by atoms with Crippen LogP contribution < -0.4 is 0 Å². The van der Waals surface area contributed by atoms with Crippen molar-refractivity contribution in [2.24, 2.45) is 5.92 Å². The quantitative estimate of drug-likeness (QED) is 0.682. The molecule has 4 atom stereocenters. The summed E-state index contributed by atoms with van der Waals surface area (Å²) in [5.41, 5.74) is 0. The van der Waals surface area contributed by atoms with Crippen molar-refractivity contribution < 1.29 is 14.6 Å². The fraction of sp³-hybridized carbons (Fsp3) is 1.00. The van der Waals surface area contributed by atoms with Crippen molar-refractivity contribution in [3.8, 4) is 0 Å². The number of rotatable bonds is 2. The second-order valence-corrected chi connectivity index (χ2v) is 3.47. The van der Waals surface area contributed by atoms with Crippen LogP contribution in [0.15, 0.2) is 0 Å². The van der Waals surface area contributed by atoms with Crippen LogP contribution in [0.1, 0.15) is 26.7 Å². The first-order valence-electron chi connectivity index (χ1n) is 4.55. The Morgan fingerprint density at radius 3 is 2.75 bits per heavy atom. The van der Waals surface area contributed by atoms with Crippen molar-refractivity contribution in [1.82, 2.24) is 0 Å². The van der Waals surface area contributed by atoms with E-state index in [1.165, 1.54) is 0 Å². The molecule has 0 saturated carbocycles. The van der Waals surface area contributed by atoms with Crippen LogP contribution in [0.25, 0.3) is 0 Å². The van der Waals surface area contributed by atoms with Crippen molar-refractivity contribution in [3.63, 3.8) is 0 Å². The van der Waals surface area contributed by atoms with Crippen molar-refractivity contribution in [2.45, 2.75) is 45.2 Å². The van der Waals surface area contributed by atoms with Gasteiger partial charge >= 0.3 is 0 Å². The van der Waals surface area contributed by atoms with Crippen LogP contribution in [-0.4, -0.2) is 30.7 Å². The summed E-state index contributed by atoms with van der Waals surface area (Å²) >= 11 is 0. The molecule has 4 unspecified atom stereocenters. The zero-order valence-electron chi connectivity index (χ0n) is 7.99. The first-order chi connectivity index (χ1) is 5.69. The molecule has 1 aliphatic heterocycles. The van der Waals surface area contributed by atoms with Gasteiger partial charge in [0.2, 0.25) is 0 Å². The molecule has 1 aliphatic rings. The van der Waals surface area contributed by atoms with E-state index in [2.05, 4.69) is 0 Å². The van der Waals surface area contributed by atoms with E-state index in [-0.39, 0.29) is 24.4 Å². The molecule has 1 fully saturated rings. The molecule has 1 rings (SSSR count). The molecule has 1 N–H and O–H groups in total. The molecule has 0 aliphatic carbocycles. The molecule has 1 saturated heterocycles. The molecule has 3 nitrogen and oxygen atoms in total. The van der Waals surface area contributed by atoms with E-state index < -0.39 is 0 Å². The molecule has 0 radical (unpaired) electrons. The highest BCUT2D eigenvalue weighted by atomic mass is 16.7. The van der Waals surface area contributed by atoms with Gasteiger partial charge in [-0.3, -0.25) is 0 Å². The first kappa shape index (κ1) is 9.96. The summed E-state index contributed by atoms with van der Waals surface area (Å²) in [6, 6.07) is 0. The van der Waals surface area contributed by atoms with Crippen LogP contribution >= 0.6 is 0 Å². The van der Waals surface area contributed by atoms with Gasteiger partial charge in [-0.15, -0.1) is 0 Å². The fourth-order valence-electron chi connectivity index (χ4n) is 1.70. The summed E-state index contributed by atoms with van der Waals surface area (Å²) in [7, 11) is 1.64. The van der Waals surface area contributed by atoms with Crippen LogP contribution in [0, 0.1) is 5.92 Å². The van der Waals surface area contributed by atoms with Gasteiger partial charge in [0, 0.05) is 13.0 Å². The summed E-state index contributed by atoms with van der Waals surface area (Å²) in [5.74, 6) is 0.285. The number of hydrogen-bond donors (Lipinski definition) is 1. The minimum absolute atomic E-state index is 0.0499. The van der Waals surface area contributed by atoms with Gasteiger partial charge in [-0.05, 0) is 12.8 Å². The van der Waals surface area contributed by atoms with Crippen molar-refractivity contribution >= 4 is 0 Å². The Labute approximate surface area is 73.7 Å². The van der Waals surface area contributed by atoms with E-state index in [9.17, 15) is 5.11 Å². The fourth-order valence-corrected chi connectivity index (χ4v) is 1.70. The lowest BCUT2D eigenvalue weighted by Gasteiger charge is -2.36. The van der Waals surface area contributed by atoms with Gasteiger partial charge in [0.1, 0.15) is 0 Å². The van der Waals surface area contributed by atoms with Gasteiger partial charge in [0.25, 0.3) is 0 Å². The van der Waals surface area contributed by atoms with Gasteiger partial charge in [0.05, 0.1) is 12.2 Å². The van der Waals surface area contributed by atoms with E-state index in [4.69, 9.17) is 9.47 Å². The van der Waals surface area contributed by atoms with Crippen LogP contribution in [-0.2, 0) is 9.47 Å². The van der Waals surface area contributed by atoms with E-state index in [0.29, 0.717) is 0 Å². The normalized spacial score (nSPS) is 43.0. The van der Waals surface area contributed by atoms with Gasteiger partial charge in [0.15, 0.2) is 6.29 Å². The zero-order valence-corrected chi connectivity index (χ0v) is 7.99. The predicted octanol–water partition coefficient (Wildman–Crippen LogP) is 1.15. The van der Waals surface area contributed by atoms with Gasteiger partial charge in [-0.25, -0.2) is 0 Å². The summed E-state index contributed by atoms with van der Waals surface area (Å²) in [6.07, 6.45) is 1.10. The third kappa shape index (κ3) is 1.97. The highest BCUT2D eigenvalue weighted by Crippen LogP contribution is 2.26. The van der Waals surface area contributed by atoms with Crippen LogP contribution in [0.3, 0.4) is 0 Å². The average molecular weight is 174 g/mol. The number of hydrogen-bond acceptors (Lipinski definition) is 3. The average Bonchev–Trinajstić information content (AvgIpc) is 2.05. The smallest absolute Gasteiger partial charge is 0.160 e. The minimum atomic E-state index is -0.323. The van der Waals surface area contributed by atoms with Crippen molar-refractivity contribution in [3.05, 3.63) is 0 Å². The number of ether oxygens (including phenoxy) is 2. The summed E-state index contributed by atoms with van der Waals surface area (Å²) in [6.45, 7) is 4.04. The molecule has 72 valence electrons. The summed E-state index contributed by atoms with van der Waals surface area (Å²) < 4.78 is 10.7. The van der Waals surface area contributed by atoms with Crippen LogP contribution in [0.5, 0.6) is 0 Å². The van der Waals surface area contributed by atoms with Crippen LogP contribution in [0.4, 0.5) is 0 Å². The second-order valence-electron chi connectivity index (χ2n) is 3.47. The van der Waals surface area contributed by atoms with Gasteiger partial charge < -0.3 is 14.6 Å². The predicted molar refractivity (Wildman–Crippen MR) is 45.7 cm³/mol. The Bertz CT molecular complexity index is 124. The van der Waals surface area contributed by atoms with Crippen molar-refractivity contribution in [1.29, 1.82) is 0 Å². The van der Waals surface area contributed by atoms with Crippen LogP contribution in [0.2, 0.25) is 0 Å².